The Labute approximate surface area is 123 Å². The molecule has 1 atom stereocenters. The highest BCUT2D eigenvalue weighted by Gasteiger charge is 2.21. The molecule has 1 fully saturated rings. The van der Waals surface area contributed by atoms with E-state index in [2.05, 4.69) is 10.6 Å². The van der Waals surface area contributed by atoms with E-state index in [-0.39, 0.29) is 30.0 Å². The van der Waals surface area contributed by atoms with E-state index in [1.807, 2.05) is 0 Å². The molecule has 1 aliphatic heterocycles. The van der Waals surface area contributed by atoms with Gasteiger partial charge in [-0.2, -0.15) is 0 Å². The van der Waals surface area contributed by atoms with Crippen LogP contribution >= 0.6 is 12.4 Å². The van der Waals surface area contributed by atoms with E-state index >= 15 is 0 Å². The van der Waals surface area contributed by atoms with Crippen LogP contribution in [0.5, 0.6) is 0 Å². The topological polar surface area (TPSA) is 84.3 Å². The number of nitrogens with one attached hydrogen (secondary N) is 2. The molecular weight excluding hydrogens is 282 g/mol. The molecule has 0 radical (unpaired) electrons. The second-order valence-electron chi connectivity index (χ2n) is 4.72. The van der Waals surface area contributed by atoms with Gasteiger partial charge in [-0.25, -0.2) is 0 Å². The number of amides is 1. The molecule has 1 aromatic carbocycles. The molecule has 0 aromatic heterocycles. The van der Waals surface area contributed by atoms with Crippen molar-refractivity contribution in [3.63, 3.8) is 0 Å². The summed E-state index contributed by atoms with van der Waals surface area (Å²) in [6.45, 7) is 3.33. The number of carbonyl (C=O) groups is 1. The maximum absolute atomic E-state index is 12.1. The van der Waals surface area contributed by atoms with Gasteiger partial charge in [-0.05, 0) is 32.4 Å². The number of piperidine rings is 1. The van der Waals surface area contributed by atoms with E-state index in [1.54, 1.807) is 19.1 Å². The van der Waals surface area contributed by atoms with Gasteiger partial charge in [-0.3, -0.25) is 14.9 Å². The van der Waals surface area contributed by atoms with Crippen molar-refractivity contribution in [3.05, 3.63) is 39.4 Å². The number of halogens is 1. The molecule has 0 aliphatic carbocycles. The van der Waals surface area contributed by atoms with Crippen molar-refractivity contribution in [2.24, 2.45) is 0 Å². The number of benzene rings is 1. The van der Waals surface area contributed by atoms with Gasteiger partial charge in [0.2, 0.25) is 0 Å². The standard InChI is InChI=1S/C13H17N3O3.ClH/c1-9-11(5-2-6-12(9)16(18)19)13(17)15-10-4-3-7-14-8-10;/h2,5-6,10,14H,3-4,7-8H2,1H3,(H,15,17);1H/t10-;/m0./s1. The van der Waals surface area contributed by atoms with Crippen molar-refractivity contribution in [3.8, 4) is 0 Å². The zero-order chi connectivity index (χ0) is 13.8. The van der Waals surface area contributed by atoms with E-state index in [1.165, 1.54) is 6.07 Å². The van der Waals surface area contributed by atoms with Gasteiger partial charge in [-0.1, -0.05) is 6.07 Å². The third kappa shape index (κ3) is 3.68. The lowest BCUT2D eigenvalue weighted by molar-refractivity contribution is -0.385. The second-order valence-corrected chi connectivity index (χ2v) is 4.72. The summed E-state index contributed by atoms with van der Waals surface area (Å²) < 4.78 is 0. The van der Waals surface area contributed by atoms with E-state index in [4.69, 9.17) is 0 Å². The van der Waals surface area contributed by atoms with Crippen molar-refractivity contribution in [2.75, 3.05) is 13.1 Å². The number of hydrogen-bond acceptors (Lipinski definition) is 4. The molecular formula is C13H18ClN3O3. The van der Waals surface area contributed by atoms with E-state index < -0.39 is 4.92 Å². The zero-order valence-corrected chi connectivity index (χ0v) is 12.0. The predicted octanol–water partition coefficient (Wildman–Crippen LogP) is 1.81. The molecule has 1 amide bonds. The SMILES string of the molecule is Cc1c(C(=O)N[C@H]2CCCNC2)cccc1[N+](=O)[O-].Cl. The second kappa shape index (κ2) is 7.21. The van der Waals surface area contributed by atoms with Crippen molar-refractivity contribution >= 4 is 24.0 Å². The van der Waals surface area contributed by atoms with Gasteiger partial charge in [0.05, 0.1) is 4.92 Å². The summed E-state index contributed by atoms with van der Waals surface area (Å²) in [5.74, 6) is -0.241. The number of rotatable bonds is 3. The fourth-order valence-electron chi connectivity index (χ4n) is 2.31. The number of nitrogens with zero attached hydrogens (tertiary/aromatic N) is 1. The largest absolute Gasteiger partial charge is 0.348 e. The normalized spacial score (nSPS) is 17.9. The highest BCUT2D eigenvalue weighted by atomic mass is 35.5. The number of nitro groups is 1. The minimum Gasteiger partial charge on any atom is -0.348 e. The first kappa shape index (κ1) is 16.4. The molecule has 2 rings (SSSR count). The minimum absolute atomic E-state index is 0. The van der Waals surface area contributed by atoms with Crippen LogP contribution in [0.15, 0.2) is 18.2 Å². The highest BCUT2D eigenvalue weighted by Crippen LogP contribution is 2.21. The third-order valence-electron chi connectivity index (χ3n) is 3.38. The van der Waals surface area contributed by atoms with E-state index in [9.17, 15) is 14.9 Å². The summed E-state index contributed by atoms with van der Waals surface area (Å²) >= 11 is 0. The van der Waals surface area contributed by atoms with Gasteiger partial charge >= 0.3 is 0 Å². The van der Waals surface area contributed by atoms with Crippen molar-refractivity contribution in [1.29, 1.82) is 0 Å². The highest BCUT2D eigenvalue weighted by molar-refractivity contribution is 5.96. The monoisotopic (exact) mass is 299 g/mol. The van der Waals surface area contributed by atoms with Gasteiger partial charge in [0.1, 0.15) is 0 Å². The molecule has 1 heterocycles. The molecule has 1 saturated heterocycles. The van der Waals surface area contributed by atoms with Crippen LogP contribution in [-0.4, -0.2) is 30.0 Å². The molecule has 20 heavy (non-hydrogen) atoms. The summed E-state index contributed by atoms with van der Waals surface area (Å²) in [5.41, 5.74) is 0.767. The van der Waals surface area contributed by atoms with Crippen LogP contribution in [-0.2, 0) is 0 Å². The van der Waals surface area contributed by atoms with Gasteiger partial charge < -0.3 is 10.6 Å². The Hall–Kier alpha value is -1.66. The molecule has 0 spiro atoms. The lowest BCUT2D eigenvalue weighted by atomic mass is 10.0. The molecule has 0 bridgehead atoms. The fourth-order valence-corrected chi connectivity index (χ4v) is 2.31. The van der Waals surface area contributed by atoms with Crippen molar-refractivity contribution in [1.82, 2.24) is 10.6 Å². The van der Waals surface area contributed by atoms with Crippen LogP contribution in [0, 0.1) is 17.0 Å². The average molecular weight is 300 g/mol. The molecule has 0 unspecified atom stereocenters. The number of nitro benzene ring substituents is 1. The van der Waals surface area contributed by atoms with Crippen LogP contribution < -0.4 is 10.6 Å². The zero-order valence-electron chi connectivity index (χ0n) is 11.2. The number of carbonyl (C=O) groups excluding carboxylic acids is 1. The van der Waals surface area contributed by atoms with Crippen LogP contribution in [0.25, 0.3) is 0 Å². The van der Waals surface area contributed by atoms with Gasteiger partial charge in [0.15, 0.2) is 0 Å². The Bertz CT molecular complexity index is 502. The maximum Gasteiger partial charge on any atom is 0.273 e. The smallest absolute Gasteiger partial charge is 0.273 e. The van der Waals surface area contributed by atoms with Crippen LogP contribution in [0.4, 0.5) is 5.69 Å². The Kier molecular flexibility index (Phi) is 5.91. The molecule has 6 nitrogen and oxygen atoms in total. The lowest BCUT2D eigenvalue weighted by Crippen LogP contribution is -2.45. The number of hydrogen-bond donors (Lipinski definition) is 2. The fraction of sp³-hybridized carbons (Fsp3) is 0.462. The lowest BCUT2D eigenvalue weighted by Gasteiger charge is -2.24. The van der Waals surface area contributed by atoms with E-state index in [0.29, 0.717) is 11.1 Å². The average Bonchev–Trinajstić information content (AvgIpc) is 2.39. The first-order valence-corrected chi connectivity index (χ1v) is 6.35. The summed E-state index contributed by atoms with van der Waals surface area (Å²) in [5, 5.41) is 17.0. The molecule has 1 aromatic rings. The summed E-state index contributed by atoms with van der Waals surface area (Å²) in [4.78, 5) is 22.5. The minimum atomic E-state index is -0.464. The predicted molar refractivity (Wildman–Crippen MR) is 78.4 cm³/mol. The van der Waals surface area contributed by atoms with Gasteiger partial charge in [0, 0.05) is 29.8 Å². The molecule has 110 valence electrons. The summed E-state index contributed by atoms with van der Waals surface area (Å²) in [6, 6.07) is 4.67. The molecule has 0 saturated carbocycles. The Morgan fingerprint density at radius 3 is 2.85 bits per heavy atom. The first-order chi connectivity index (χ1) is 9.09. The molecule has 2 N–H and O–H groups in total. The third-order valence-corrected chi connectivity index (χ3v) is 3.38. The molecule has 1 aliphatic rings. The molecule has 7 heteroatoms. The van der Waals surface area contributed by atoms with Gasteiger partial charge in [-0.15, -0.1) is 12.4 Å². The van der Waals surface area contributed by atoms with Crippen molar-refractivity contribution < 1.29 is 9.72 Å². The van der Waals surface area contributed by atoms with Crippen molar-refractivity contribution in [2.45, 2.75) is 25.8 Å². The Morgan fingerprint density at radius 1 is 1.50 bits per heavy atom. The quantitative estimate of drug-likeness (QED) is 0.658. The summed E-state index contributed by atoms with van der Waals surface area (Å²) in [7, 11) is 0. The van der Waals surface area contributed by atoms with E-state index in [0.717, 1.165) is 25.9 Å². The van der Waals surface area contributed by atoms with Gasteiger partial charge in [0.25, 0.3) is 11.6 Å². The van der Waals surface area contributed by atoms with Crippen LogP contribution in [0.1, 0.15) is 28.8 Å². The maximum atomic E-state index is 12.1. The first-order valence-electron chi connectivity index (χ1n) is 6.35. The van der Waals surface area contributed by atoms with Crippen LogP contribution in [0.2, 0.25) is 0 Å². The Balaban J connectivity index is 0.00000200. The van der Waals surface area contributed by atoms with Crippen LogP contribution in [0.3, 0.4) is 0 Å². The summed E-state index contributed by atoms with van der Waals surface area (Å²) in [6.07, 6.45) is 1.96. The Morgan fingerprint density at radius 2 is 2.25 bits per heavy atom.